The van der Waals surface area contributed by atoms with Crippen molar-refractivity contribution in [2.75, 3.05) is 20.1 Å². The van der Waals surface area contributed by atoms with Gasteiger partial charge >= 0.3 is 0 Å². The van der Waals surface area contributed by atoms with Gasteiger partial charge in [-0.1, -0.05) is 32.6 Å². The zero-order valence-corrected chi connectivity index (χ0v) is 13.6. The largest absolute Gasteiger partial charge is 0.327 e. The molecule has 118 valence electrons. The summed E-state index contributed by atoms with van der Waals surface area (Å²) in [5, 5.41) is 0. The first-order valence-electron chi connectivity index (χ1n) is 7.95. The fourth-order valence-electron chi connectivity index (χ4n) is 3.47. The highest BCUT2D eigenvalue weighted by atomic mass is 32.2. The third kappa shape index (κ3) is 3.35. The highest BCUT2D eigenvalue weighted by Gasteiger charge is 2.37. The molecule has 5 nitrogen and oxygen atoms in total. The van der Waals surface area contributed by atoms with E-state index in [1.807, 2.05) is 0 Å². The Hall–Kier alpha value is -0.170. The zero-order valence-electron chi connectivity index (χ0n) is 12.8. The molecule has 6 heteroatoms. The van der Waals surface area contributed by atoms with Crippen molar-refractivity contribution in [3.05, 3.63) is 0 Å². The fourth-order valence-corrected chi connectivity index (χ4v) is 5.14. The topological polar surface area (TPSA) is 66.6 Å². The van der Waals surface area contributed by atoms with E-state index in [9.17, 15) is 8.42 Å². The Morgan fingerprint density at radius 1 is 1.20 bits per heavy atom. The van der Waals surface area contributed by atoms with Crippen LogP contribution in [0.25, 0.3) is 0 Å². The van der Waals surface area contributed by atoms with Crippen LogP contribution in [0.3, 0.4) is 0 Å². The Morgan fingerprint density at radius 2 is 1.85 bits per heavy atom. The molecule has 0 aromatic heterocycles. The maximum atomic E-state index is 12.8. The molecule has 1 aliphatic heterocycles. The van der Waals surface area contributed by atoms with Gasteiger partial charge in [0.25, 0.3) is 10.2 Å². The predicted octanol–water partition coefficient (Wildman–Crippen LogP) is 1.55. The molecule has 0 bridgehead atoms. The van der Waals surface area contributed by atoms with E-state index in [0.29, 0.717) is 19.0 Å². The van der Waals surface area contributed by atoms with Crippen LogP contribution in [-0.4, -0.2) is 49.2 Å². The third-order valence-electron chi connectivity index (χ3n) is 5.06. The maximum Gasteiger partial charge on any atom is 0.281 e. The van der Waals surface area contributed by atoms with Crippen LogP contribution in [0.15, 0.2) is 0 Å². The van der Waals surface area contributed by atoms with Crippen molar-refractivity contribution in [3.8, 4) is 0 Å². The van der Waals surface area contributed by atoms with Gasteiger partial charge < -0.3 is 5.73 Å². The Labute approximate surface area is 123 Å². The molecular weight excluding hydrogens is 274 g/mol. The van der Waals surface area contributed by atoms with Gasteiger partial charge in [-0.2, -0.15) is 17.0 Å². The predicted molar refractivity (Wildman–Crippen MR) is 81.5 cm³/mol. The van der Waals surface area contributed by atoms with Crippen LogP contribution in [-0.2, 0) is 10.2 Å². The number of hydrogen-bond donors (Lipinski definition) is 1. The first-order chi connectivity index (χ1) is 9.46. The normalized spacial score (nSPS) is 30.8. The van der Waals surface area contributed by atoms with E-state index in [0.717, 1.165) is 38.5 Å². The van der Waals surface area contributed by atoms with E-state index in [2.05, 4.69) is 6.92 Å². The molecule has 0 spiro atoms. The van der Waals surface area contributed by atoms with Gasteiger partial charge in [0.1, 0.15) is 0 Å². The molecular formula is C14H29N3O2S. The van der Waals surface area contributed by atoms with Crippen LogP contribution in [0.1, 0.15) is 51.9 Å². The van der Waals surface area contributed by atoms with Gasteiger partial charge in [-0.05, 0) is 25.2 Å². The summed E-state index contributed by atoms with van der Waals surface area (Å²) >= 11 is 0. The van der Waals surface area contributed by atoms with Gasteiger partial charge in [0.2, 0.25) is 0 Å². The molecule has 1 saturated carbocycles. The highest BCUT2D eigenvalue weighted by molar-refractivity contribution is 7.86. The van der Waals surface area contributed by atoms with E-state index < -0.39 is 10.2 Å². The lowest BCUT2D eigenvalue weighted by Gasteiger charge is -2.39. The van der Waals surface area contributed by atoms with Crippen molar-refractivity contribution < 1.29 is 8.42 Å². The Balaban J connectivity index is 2.05. The number of nitrogens with two attached hydrogens (primary N) is 1. The molecule has 2 N–H and O–H groups in total. The van der Waals surface area contributed by atoms with Crippen LogP contribution in [0, 0.1) is 5.92 Å². The lowest BCUT2D eigenvalue weighted by molar-refractivity contribution is 0.205. The number of nitrogens with zero attached hydrogens (tertiary/aromatic N) is 2. The van der Waals surface area contributed by atoms with Gasteiger partial charge in [0.05, 0.1) is 0 Å². The molecule has 1 saturated heterocycles. The lowest BCUT2D eigenvalue weighted by Crippen LogP contribution is -2.54. The van der Waals surface area contributed by atoms with Gasteiger partial charge in [-0.15, -0.1) is 0 Å². The average Bonchev–Trinajstić information content (AvgIpc) is 2.47. The van der Waals surface area contributed by atoms with Crippen molar-refractivity contribution in [1.29, 1.82) is 0 Å². The second-order valence-electron chi connectivity index (χ2n) is 6.29. The Kier molecular flexibility index (Phi) is 5.45. The molecule has 1 aliphatic carbocycles. The van der Waals surface area contributed by atoms with E-state index >= 15 is 0 Å². The minimum atomic E-state index is -3.32. The molecule has 0 amide bonds. The average molecular weight is 303 g/mol. The lowest BCUT2D eigenvalue weighted by atomic mass is 9.92. The minimum absolute atomic E-state index is 0.145. The Bertz CT molecular complexity index is 407. The highest BCUT2D eigenvalue weighted by Crippen LogP contribution is 2.27. The van der Waals surface area contributed by atoms with Gasteiger partial charge in [0, 0.05) is 32.2 Å². The summed E-state index contributed by atoms with van der Waals surface area (Å²) in [7, 11) is -1.57. The standard InChI is InChI=1S/C14H29N3O2S/c1-3-12-11-17(10-9-14(12)15)20(18,19)16(2)13-7-5-4-6-8-13/h12-14H,3-11,15H2,1-2H3. The van der Waals surface area contributed by atoms with Crippen LogP contribution in [0.2, 0.25) is 0 Å². The summed E-state index contributed by atoms with van der Waals surface area (Å²) in [6.45, 7) is 3.24. The molecule has 0 radical (unpaired) electrons. The van der Waals surface area contributed by atoms with E-state index in [-0.39, 0.29) is 12.1 Å². The van der Waals surface area contributed by atoms with Crippen molar-refractivity contribution in [1.82, 2.24) is 8.61 Å². The SMILES string of the molecule is CCC1CN(S(=O)(=O)N(C)C2CCCCC2)CCC1N. The van der Waals surface area contributed by atoms with Gasteiger partial charge in [-0.3, -0.25) is 0 Å². The Morgan fingerprint density at radius 3 is 2.45 bits per heavy atom. The first-order valence-corrected chi connectivity index (χ1v) is 9.35. The van der Waals surface area contributed by atoms with Crippen molar-refractivity contribution in [2.24, 2.45) is 11.7 Å². The van der Waals surface area contributed by atoms with E-state index in [1.54, 1.807) is 15.7 Å². The second-order valence-corrected chi connectivity index (χ2v) is 8.28. The van der Waals surface area contributed by atoms with Crippen molar-refractivity contribution in [2.45, 2.75) is 64.0 Å². The van der Waals surface area contributed by atoms with Crippen LogP contribution >= 0.6 is 0 Å². The fraction of sp³-hybridized carbons (Fsp3) is 1.00. The smallest absolute Gasteiger partial charge is 0.281 e. The molecule has 2 aliphatic rings. The number of hydrogen-bond acceptors (Lipinski definition) is 3. The molecule has 2 rings (SSSR count). The summed E-state index contributed by atoms with van der Waals surface area (Å²) in [6, 6.07) is 0.330. The van der Waals surface area contributed by atoms with Crippen LogP contribution < -0.4 is 5.73 Å². The molecule has 2 atom stereocenters. The summed E-state index contributed by atoms with van der Waals surface area (Å²) in [5.74, 6) is 0.290. The first kappa shape index (κ1) is 16.2. The zero-order chi connectivity index (χ0) is 14.8. The molecule has 1 heterocycles. The van der Waals surface area contributed by atoms with Gasteiger partial charge in [-0.25, -0.2) is 0 Å². The maximum absolute atomic E-state index is 12.8. The van der Waals surface area contributed by atoms with E-state index in [1.165, 1.54) is 6.42 Å². The van der Waals surface area contributed by atoms with Gasteiger partial charge in [0.15, 0.2) is 0 Å². The summed E-state index contributed by atoms with van der Waals surface area (Å²) in [5.41, 5.74) is 6.08. The molecule has 0 aromatic rings. The minimum Gasteiger partial charge on any atom is -0.327 e. The quantitative estimate of drug-likeness (QED) is 0.857. The second kappa shape index (κ2) is 6.73. The molecule has 2 unspecified atom stereocenters. The number of piperidine rings is 1. The summed E-state index contributed by atoms with van der Waals surface area (Å²) in [4.78, 5) is 0. The van der Waals surface area contributed by atoms with Crippen molar-refractivity contribution in [3.63, 3.8) is 0 Å². The monoisotopic (exact) mass is 303 g/mol. The summed E-state index contributed by atoms with van der Waals surface area (Å²) in [6.07, 6.45) is 7.25. The van der Waals surface area contributed by atoms with Crippen LogP contribution in [0.4, 0.5) is 0 Å². The molecule has 0 aromatic carbocycles. The molecule has 20 heavy (non-hydrogen) atoms. The van der Waals surface area contributed by atoms with E-state index in [4.69, 9.17) is 5.73 Å². The molecule has 2 fully saturated rings. The van der Waals surface area contributed by atoms with Crippen LogP contribution in [0.5, 0.6) is 0 Å². The third-order valence-corrected chi connectivity index (χ3v) is 7.07. The summed E-state index contributed by atoms with van der Waals surface area (Å²) < 4.78 is 28.8. The number of rotatable bonds is 4. The van der Waals surface area contributed by atoms with Crippen molar-refractivity contribution >= 4 is 10.2 Å².